The molecule has 4 aromatic rings. The number of para-hydroxylation sites is 1. The molecule has 1 aliphatic heterocycles. The first-order valence-corrected chi connectivity index (χ1v) is 10.6. The fourth-order valence-corrected chi connectivity index (χ4v) is 4.92. The van der Waals surface area contributed by atoms with E-state index < -0.39 is 11.9 Å². The Morgan fingerprint density at radius 3 is 2.25 bits per heavy atom. The van der Waals surface area contributed by atoms with Crippen LogP contribution in [0, 0.1) is 0 Å². The molecule has 0 saturated heterocycles. The maximum absolute atomic E-state index is 12.9. The number of methoxy groups -OCH3 is 2. The second-order valence-corrected chi connectivity index (χ2v) is 8.24. The summed E-state index contributed by atoms with van der Waals surface area (Å²) in [5, 5.41) is 1.73. The van der Waals surface area contributed by atoms with Crippen molar-refractivity contribution in [3.8, 4) is 11.3 Å². The number of nitrogens with zero attached hydrogens (tertiary/aromatic N) is 2. The highest BCUT2D eigenvalue weighted by Gasteiger charge is 2.36. The van der Waals surface area contributed by atoms with E-state index in [1.807, 2.05) is 35.9 Å². The topological polar surface area (TPSA) is 62.5 Å². The Hall–Kier alpha value is -3.51. The van der Waals surface area contributed by atoms with Crippen LogP contribution in [0.2, 0.25) is 5.02 Å². The fraction of sp³-hybridized carbons (Fsp3) is 0.200. The van der Waals surface area contributed by atoms with Crippen LogP contribution >= 0.6 is 11.6 Å². The molecule has 2 aromatic carbocycles. The largest absolute Gasteiger partial charge is 0.465 e. The third kappa shape index (κ3) is 2.87. The van der Waals surface area contributed by atoms with E-state index >= 15 is 0 Å². The lowest BCUT2D eigenvalue weighted by Crippen LogP contribution is -2.18. The third-order valence-electron chi connectivity index (χ3n) is 6.26. The summed E-state index contributed by atoms with van der Waals surface area (Å²) in [5.74, 6) is -1.13. The van der Waals surface area contributed by atoms with Crippen LogP contribution in [0.5, 0.6) is 0 Å². The third-order valence-corrected chi connectivity index (χ3v) is 6.52. The van der Waals surface area contributed by atoms with E-state index in [0.717, 1.165) is 33.4 Å². The molecule has 3 heterocycles. The number of fused-ring (bicyclic) bond motifs is 4. The van der Waals surface area contributed by atoms with Gasteiger partial charge in [-0.3, -0.25) is 0 Å². The van der Waals surface area contributed by atoms with E-state index in [1.165, 1.54) is 14.2 Å². The summed E-state index contributed by atoms with van der Waals surface area (Å²) in [6, 6.07) is 15.4. The molecule has 0 aliphatic carbocycles. The summed E-state index contributed by atoms with van der Waals surface area (Å²) in [4.78, 5) is 25.9. The van der Waals surface area contributed by atoms with Crippen LogP contribution in [-0.4, -0.2) is 35.3 Å². The molecule has 0 saturated carbocycles. The minimum Gasteiger partial charge on any atom is -0.465 e. The van der Waals surface area contributed by atoms with E-state index in [2.05, 4.69) is 16.7 Å². The Morgan fingerprint density at radius 1 is 0.906 bits per heavy atom. The van der Waals surface area contributed by atoms with Crippen LogP contribution in [0.15, 0.2) is 48.5 Å². The van der Waals surface area contributed by atoms with Crippen molar-refractivity contribution >= 4 is 34.4 Å². The number of aryl methyl sites for hydroxylation is 1. The van der Waals surface area contributed by atoms with E-state index in [9.17, 15) is 9.59 Å². The average Bonchev–Trinajstić information content (AvgIpc) is 3.30. The molecule has 6 nitrogen and oxygen atoms in total. The first-order valence-electron chi connectivity index (χ1n) is 10.2. The molecule has 0 spiro atoms. The zero-order valence-electron chi connectivity index (χ0n) is 17.9. The summed E-state index contributed by atoms with van der Waals surface area (Å²) < 4.78 is 14.4. The standard InChI is InChI=1S/C25H21ClN2O4/c1-27-18-7-5-4-6-16(18)17-12-19-21(24(29)31-2)22(25(30)32-3)23(28(19)13-20(17)27)14-8-10-15(26)11-9-14/h4-11H,12-13H2,1-3H3. The Labute approximate surface area is 189 Å². The van der Waals surface area contributed by atoms with Crippen molar-refractivity contribution < 1.29 is 19.1 Å². The smallest absolute Gasteiger partial charge is 0.340 e. The van der Waals surface area contributed by atoms with Crippen molar-refractivity contribution in [2.24, 2.45) is 7.05 Å². The van der Waals surface area contributed by atoms with Crippen LogP contribution in [0.1, 0.15) is 37.7 Å². The van der Waals surface area contributed by atoms with Gasteiger partial charge in [0.1, 0.15) is 5.56 Å². The molecule has 0 atom stereocenters. The zero-order chi connectivity index (χ0) is 22.6. The number of ether oxygens (including phenoxy) is 2. The number of carbonyl (C=O) groups excluding carboxylic acids is 2. The van der Waals surface area contributed by atoms with Crippen molar-refractivity contribution in [1.82, 2.24) is 9.13 Å². The highest BCUT2D eigenvalue weighted by atomic mass is 35.5. The predicted octanol–water partition coefficient (Wildman–Crippen LogP) is 4.83. The zero-order valence-corrected chi connectivity index (χ0v) is 18.7. The Kier molecular flexibility index (Phi) is 4.82. The highest BCUT2D eigenvalue weighted by molar-refractivity contribution is 6.30. The van der Waals surface area contributed by atoms with Crippen LogP contribution < -0.4 is 0 Å². The molecule has 0 radical (unpaired) electrons. The molecular formula is C25H21ClN2O4. The summed E-state index contributed by atoms with van der Waals surface area (Å²) in [6.45, 7) is 0.509. The molecular weight excluding hydrogens is 428 g/mol. The van der Waals surface area contributed by atoms with E-state index in [-0.39, 0.29) is 11.1 Å². The van der Waals surface area contributed by atoms with Crippen LogP contribution in [-0.2, 0) is 29.5 Å². The average molecular weight is 449 g/mol. The van der Waals surface area contributed by atoms with Crippen molar-refractivity contribution in [2.45, 2.75) is 13.0 Å². The summed E-state index contributed by atoms with van der Waals surface area (Å²) in [7, 11) is 4.68. The van der Waals surface area contributed by atoms with Gasteiger partial charge in [-0.2, -0.15) is 0 Å². The maximum atomic E-state index is 12.9. The number of esters is 2. The Bertz CT molecular complexity index is 1400. The number of carbonyl (C=O) groups is 2. The SMILES string of the molecule is COC(=O)c1c(C(=O)OC)c(-c2ccc(Cl)cc2)n2c1Cc1c(n(C)c3ccccc13)C2. The molecule has 0 amide bonds. The van der Waals surface area contributed by atoms with Crippen LogP contribution in [0.25, 0.3) is 22.2 Å². The monoisotopic (exact) mass is 448 g/mol. The molecule has 7 heteroatoms. The van der Waals surface area contributed by atoms with Gasteiger partial charge in [0.15, 0.2) is 0 Å². The lowest BCUT2D eigenvalue weighted by Gasteiger charge is -2.21. The number of hydrogen-bond donors (Lipinski definition) is 0. The van der Waals surface area contributed by atoms with Crippen LogP contribution in [0.3, 0.4) is 0 Å². The lowest BCUT2D eigenvalue weighted by atomic mass is 9.99. The van der Waals surface area contributed by atoms with Crippen molar-refractivity contribution in [2.75, 3.05) is 14.2 Å². The molecule has 1 aliphatic rings. The number of rotatable bonds is 3. The fourth-order valence-electron chi connectivity index (χ4n) is 4.80. The highest BCUT2D eigenvalue weighted by Crippen LogP contribution is 2.40. The van der Waals surface area contributed by atoms with Gasteiger partial charge >= 0.3 is 11.9 Å². The number of halogens is 1. The minimum atomic E-state index is -0.578. The Balaban J connectivity index is 1.84. The molecule has 0 unspecified atom stereocenters. The van der Waals surface area contributed by atoms with Gasteiger partial charge in [0.2, 0.25) is 0 Å². The van der Waals surface area contributed by atoms with Crippen LogP contribution in [0.4, 0.5) is 0 Å². The second kappa shape index (κ2) is 7.57. The molecule has 2 aromatic heterocycles. The molecule has 0 bridgehead atoms. The van der Waals surface area contributed by atoms with Gasteiger partial charge in [0.05, 0.1) is 32.0 Å². The molecule has 32 heavy (non-hydrogen) atoms. The van der Waals surface area contributed by atoms with Crippen molar-refractivity contribution in [3.63, 3.8) is 0 Å². The van der Waals surface area contributed by atoms with E-state index in [0.29, 0.717) is 23.7 Å². The summed E-state index contributed by atoms with van der Waals surface area (Å²) in [6.07, 6.45) is 0.499. The lowest BCUT2D eigenvalue weighted by molar-refractivity contribution is 0.0556. The van der Waals surface area contributed by atoms with Gasteiger partial charge < -0.3 is 18.6 Å². The molecule has 0 N–H and O–H groups in total. The van der Waals surface area contributed by atoms with Gasteiger partial charge in [0.25, 0.3) is 0 Å². The van der Waals surface area contributed by atoms with Crippen molar-refractivity contribution in [1.29, 1.82) is 0 Å². The van der Waals surface area contributed by atoms with Crippen molar-refractivity contribution in [3.05, 3.63) is 81.6 Å². The first kappa shape index (κ1) is 20.4. The Morgan fingerprint density at radius 2 is 1.56 bits per heavy atom. The quantitative estimate of drug-likeness (QED) is 0.371. The van der Waals surface area contributed by atoms with Gasteiger partial charge in [-0.1, -0.05) is 41.9 Å². The summed E-state index contributed by atoms with van der Waals surface area (Å²) in [5.41, 5.74) is 6.02. The number of aromatic nitrogens is 2. The molecule has 162 valence electrons. The normalized spacial score (nSPS) is 12.4. The van der Waals surface area contributed by atoms with E-state index in [1.54, 1.807) is 12.1 Å². The second-order valence-electron chi connectivity index (χ2n) is 7.80. The number of hydrogen-bond acceptors (Lipinski definition) is 4. The molecule has 0 fully saturated rings. The maximum Gasteiger partial charge on any atom is 0.340 e. The number of benzene rings is 2. The minimum absolute atomic E-state index is 0.216. The first-order chi connectivity index (χ1) is 15.5. The van der Waals surface area contributed by atoms with Gasteiger partial charge in [-0.15, -0.1) is 0 Å². The van der Waals surface area contributed by atoms with Gasteiger partial charge in [-0.25, -0.2) is 9.59 Å². The molecule has 5 rings (SSSR count). The van der Waals surface area contributed by atoms with Gasteiger partial charge in [-0.05, 0) is 29.3 Å². The van der Waals surface area contributed by atoms with E-state index in [4.69, 9.17) is 21.1 Å². The summed E-state index contributed by atoms with van der Waals surface area (Å²) >= 11 is 6.11. The van der Waals surface area contributed by atoms with Gasteiger partial charge in [0, 0.05) is 40.8 Å². The predicted molar refractivity (Wildman–Crippen MR) is 122 cm³/mol.